The van der Waals surface area contributed by atoms with Gasteiger partial charge in [0.15, 0.2) is 0 Å². The molecule has 1 aromatic rings. The van der Waals surface area contributed by atoms with Gasteiger partial charge < -0.3 is 4.74 Å². The molecule has 1 nitrogen and oxygen atoms in total. The number of alkyl halides is 1. The molecule has 0 bridgehead atoms. The van der Waals surface area contributed by atoms with E-state index in [0.29, 0.717) is 6.61 Å². The van der Waals surface area contributed by atoms with Gasteiger partial charge in [0, 0.05) is 0 Å². The van der Waals surface area contributed by atoms with Crippen LogP contribution in [0.4, 0.5) is 0 Å². The highest BCUT2D eigenvalue weighted by Gasteiger charge is 1.97. The Hall–Kier alpha value is -0.350. The predicted octanol–water partition coefficient (Wildman–Crippen LogP) is 3.15. The molecule has 0 fully saturated rings. The summed E-state index contributed by atoms with van der Waals surface area (Å²) in [5.41, 5.74) is 1.20. The van der Waals surface area contributed by atoms with Gasteiger partial charge in [-0.05, 0) is 28.2 Å². The molecule has 0 aliphatic carbocycles. The van der Waals surface area contributed by atoms with Crippen molar-refractivity contribution in [3.63, 3.8) is 0 Å². The van der Waals surface area contributed by atoms with Crippen molar-refractivity contribution in [2.45, 2.75) is 10.7 Å². The Morgan fingerprint density at radius 3 is 2.67 bits per heavy atom. The highest BCUT2D eigenvalue weighted by atomic mass is 127. The van der Waals surface area contributed by atoms with Gasteiger partial charge >= 0.3 is 0 Å². The lowest BCUT2D eigenvalue weighted by molar-refractivity contribution is 0.136. The largest absolute Gasteiger partial charge is 0.359 e. The molecule has 1 atom stereocenters. The lowest BCUT2D eigenvalue weighted by atomic mass is 10.2. The van der Waals surface area contributed by atoms with E-state index in [4.69, 9.17) is 4.74 Å². The highest BCUT2D eigenvalue weighted by Crippen LogP contribution is 2.08. The SMILES string of the molecule is C=CC(I)OCc1ccccc1. The van der Waals surface area contributed by atoms with Crippen LogP contribution in [0.3, 0.4) is 0 Å². The summed E-state index contributed by atoms with van der Waals surface area (Å²) in [6.45, 7) is 4.29. The average molecular weight is 274 g/mol. The summed E-state index contributed by atoms with van der Waals surface area (Å²) in [6, 6.07) is 10.1. The molecule has 2 heteroatoms. The minimum Gasteiger partial charge on any atom is -0.359 e. The van der Waals surface area contributed by atoms with Crippen molar-refractivity contribution in [3.8, 4) is 0 Å². The molecule has 0 heterocycles. The maximum Gasteiger partial charge on any atom is 0.127 e. The molecule has 0 saturated heterocycles. The first kappa shape index (κ1) is 9.74. The first-order chi connectivity index (χ1) is 5.83. The lowest BCUT2D eigenvalue weighted by Crippen LogP contribution is -1.99. The van der Waals surface area contributed by atoms with E-state index in [0.717, 1.165) is 0 Å². The molecular formula is C10H11IO. The van der Waals surface area contributed by atoms with Crippen molar-refractivity contribution in [1.82, 2.24) is 0 Å². The van der Waals surface area contributed by atoms with Crippen LogP contribution < -0.4 is 0 Å². The summed E-state index contributed by atoms with van der Waals surface area (Å²) in [4.78, 5) is 0. The second kappa shape index (κ2) is 5.32. The van der Waals surface area contributed by atoms with Gasteiger partial charge in [-0.2, -0.15) is 0 Å². The number of rotatable bonds is 4. The summed E-state index contributed by atoms with van der Waals surface area (Å²) in [7, 11) is 0. The molecule has 0 radical (unpaired) electrons. The average Bonchev–Trinajstić information content (AvgIpc) is 2.16. The van der Waals surface area contributed by atoms with Gasteiger partial charge in [0.05, 0.1) is 6.61 Å². The molecule has 1 unspecified atom stereocenters. The zero-order valence-electron chi connectivity index (χ0n) is 6.74. The standard InChI is InChI=1S/C10H11IO/c1-2-10(11)12-8-9-6-4-3-5-7-9/h2-7,10H,1,8H2. The fourth-order valence-electron chi connectivity index (χ4n) is 0.818. The maximum absolute atomic E-state index is 5.45. The normalized spacial score (nSPS) is 12.4. The molecule has 0 N–H and O–H groups in total. The highest BCUT2D eigenvalue weighted by molar-refractivity contribution is 14.1. The summed E-state index contributed by atoms with van der Waals surface area (Å²) < 4.78 is 5.55. The molecule has 0 saturated carbocycles. The Kier molecular flexibility index (Phi) is 4.32. The first-order valence-electron chi connectivity index (χ1n) is 3.75. The molecule has 12 heavy (non-hydrogen) atoms. The third-order valence-corrected chi connectivity index (χ3v) is 2.31. The zero-order valence-corrected chi connectivity index (χ0v) is 8.90. The molecule has 1 rings (SSSR count). The molecule has 0 aliphatic heterocycles. The fourth-order valence-corrected chi connectivity index (χ4v) is 0.998. The second-order valence-electron chi connectivity index (χ2n) is 2.38. The van der Waals surface area contributed by atoms with Gasteiger partial charge in [-0.15, -0.1) is 0 Å². The predicted molar refractivity (Wildman–Crippen MR) is 59.2 cm³/mol. The minimum atomic E-state index is 0.0998. The van der Waals surface area contributed by atoms with Crippen LogP contribution >= 0.6 is 22.6 Å². The van der Waals surface area contributed by atoms with Crippen molar-refractivity contribution >= 4 is 22.6 Å². The van der Waals surface area contributed by atoms with E-state index in [9.17, 15) is 0 Å². The number of benzene rings is 1. The summed E-state index contributed by atoms with van der Waals surface area (Å²) in [6.07, 6.45) is 1.78. The van der Waals surface area contributed by atoms with Gasteiger partial charge in [-0.1, -0.05) is 43.0 Å². The zero-order chi connectivity index (χ0) is 8.81. The van der Waals surface area contributed by atoms with E-state index in [1.807, 2.05) is 30.3 Å². The first-order valence-corrected chi connectivity index (χ1v) is 4.99. The third-order valence-electron chi connectivity index (χ3n) is 1.44. The van der Waals surface area contributed by atoms with E-state index in [-0.39, 0.29) is 4.11 Å². The quantitative estimate of drug-likeness (QED) is 0.465. The Balaban J connectivity index is 2.38. The van der Waals surface area contributed by atoms with Crippen LogP contribution in [-0.2, 0) is 11.3 Å². The van der Waals surface area contributed by atoms with Crippen LogP contribution in [0.2, 0.25) is 0 Å². The number of hydrogen-bond donors (Lipinski definition) is 0. The van der Waals surface area contributed by atoms with Crippen LogP contribution in [0.5, 0.6) is 0 Å². The lowest BCUT2D eigenvalue weighted by Gasteiger charge is -2.05. The molecular weight excluding hydrogens is 263 g/mol. The van der Waals surface area contributed by atoms with Crippen molar-refractivity contribution < 1.29 is 4.74 Å². The molecule has 0 amide bonds. The van der Waals surface area contributed by atoms with Crippen molar-refractivity contribution in [2.24, 2.45) is 0 Å². The maximum atomic E-state index is 5.45. The molecule has 0 spiro atoms. The van der Waals surface area contributed by atoms with Crippen molar-refractivity contribution in [1.29, 1.82) is 0 Å². The fraction of sp³-hybridized carbons (Fsp3) is 0.200. The van der Waals surface area contributed by atoms with Gasteiger partial charge in [-0.25, -0.2) is 0 Å². The summed E-state index contributed by atoms with van der Waals surface area (Å²) >= 11 is 2.19. The van der Waals surface area contributed by atoms with Crippen LogP contribution in [-0.4, -0.2) is 4.11 Å². The monoisotopic (exact) mass is 274 g/mol. The van der Waals surface area contributed by atoms with E-state index in [1.54, 1.807) is 6.08 Å². The van der Waals surface area contributed by atoms with E-state index < -0.39 is 0 Å². The van der Waals surface area contributed by atoms with Crippen LogP contribution in [0.15, 0.2) is 43.0 Å². The Bertz CT molecular complexity index is 233. The minimum absolute atomic E-state index is 0.0998. The molecule has 0 aromatic heterocycles. The van der Waals surface area contributed by atoms with E-state index >= 15 is 0 Å². The van der Waals surface area contributed by atoms with Gasteiger partial charge in [-0.3, -0.25) is 0 Å². The molecule has 0 aliphatic rings. The second-order valence-corrected chi connectivity index (χ2v) is 3.61. The van der Waals surface area contributed by atoms with Gasteiger partial charge in [0.1, 0.15) is 4.11 Å². The van der Waals surface area contributed by atoms with Gasteiger partial charge in [0.2, 0.25) is 0 Å². The third kappa shape index (κ3) is 3.36. The van der Waals surface area contributed by atoms with Crippen LogP contribution in [0, 0.1) is 0 Å². The van der Waals surface area contributed by atoms with Crippen molar-refractivity contribution in [2.75, 3.05) is 0 Å². The van der Waals surface area contributed by atoms with Crippen LogP contribution in [0.25, 0.3) is 0 Å². The number of hydrogen-bond acceptors (Lipinski definition) is 1. The topological polar surface area (TPSA) is 9.23 Å². The van der Waals surface area contributed by atoms with E-state index in [2.05, 4.69) is 29.2 Å². The Labute approximate surface area is 86.6 Å². The van der Waals surface area contributed by atoms with Gasteiger partial charge in [0.25, 0.3) is 0 Å². The smallest absolute Gasteiger partial charge is 0.127 e. The number of halogens is 1. The van der Waals surface area contributed by atoms with Crippen molar-refractivity contribution in [3.05, 3.63) is 48.6 Å². The summed E-state index contributed by atoms with van der Waals surface area (Å²) in [5, 5.41) is 0. The number of ether oxygens (including phenoxy) is 1. The Morgan fingerprint density at radius 2 is 2.08 bits per heavy atom. The van der Waals surface area contributed by atoms with E-state index in [1.165, 1.54) is 5.56 Å². The summed E-state index contributed by atoms with van der Waals surface area (Å²) in [5.74, 6) is 0. The van der Waals surface area contributed by atoms with Crippen LogP contribution in [0.1, 0.15) is 5.56 Å². The molecule has 64 valence electrons. The molecule has 1 aromatic carbocycles. The Morgan fingerprint density at radius 1 is 1.42 bits per heavy atom.